The first-order valence-electron chi connectivity index (χ1n) is 7.40. The van der Waals surface area contributed by atoms with Crippen LogP contribution in [0, 0.1) is 11.8 Å². The Morgan fingerprint density at radius 3 is 2.78 bits per heavy atom. The second-order valence-corrected chi connectivity index (χ2v) is 6.84. The first kappa shape index (κ1) is 14.2. The van der Waals surface area contributed by atoms with E-state index in [2.05, 4.69) is 10.6 Å². The van der Waals surface area contributed by atoms with Gasteiger partial charge in [0.2, 0.25) is 5.91 Å². The number of thioether (sulfide) groups is 1. The summed E-state index contributed by atoms with van der Waals surface area (Å²) in [5, 5.41) is 6.53. The molecule has 0 bridgehead atoms. The van der Waals surface area contributed by atoms with Crippen molar-refractivity contribution >= 4 is 17.7 Å². The van der Waals surface area contributed by atoms with E-state index in [9.17, 15) is 4.79 Å². The molecule has 3 nitrogen and oxygen atoms in total. The summed E-state index contributed by atoms with van der Waals surface area (Å²) in [4.78, 5) is 11.8. The highest BCUT2D eigenvalue weighted by atomic mass is 32.2. The van der Waals surface area contributed by atoms with E-state index in [-0.39, 0.29) is 5.91 Å². The van der Waals surface area contributed by atoms with Crippen LogP contribution in [0.4, 0.5) is 0 Å². The Labute approximate surface area is 115 Å². The fraction of sp³-hybridized carbons (Fsp3) is 0.929. The average molecular weight is 270 g/mol. The highest BCUT2D eigenvalue weighted by Gasteiger charge is 2.16. The maximum absolute atomic E-state index is 11.8. The minimum atomic E-state index is 0.263. The van der Waals surface area contributed by atoms with Crippen LogP contribution in [-0.2, 0) is 4.79 Å². The SMILES string of the molecule is O=C(CCC1CCCNC1)NCC1CCSCC1. The lowest BCUT2D eigenvalue weighted by atomic mass is 9.94. The van der Waals surface area contributed by atoms with Crippen molar-refractivity contribution in [1.29, 1.82) is 0 Å². The summed E-state index contributed by atoms with van der Waals surface area (Å²) in [5.41, 5.74) is 0. The normalized spacial score (nSPS) is 25.9. The first-order chi connectivity index (χ1) is 8.84. The molecule has 2 aliphatic heterocycles. The predicted octanol–water partition coefficient (Wildman–Crippen LogP) is 2.03. The zero-order chi connectivity index (χ0) is 12.6. The molecular formula is C14H26N2OS. The number of piperidine rings is 1. The molecule has 2 rings (SSSR count). The van der Waals surface area contributed by atoms with E-state index in [0.29, 0.717) is 6.42 Å². The molecule has 0 aromatic rings. The standard InChI is InChI=1S/C14H26N2OS/c17-14(4-3-12-2-1-7-15-10-12)16-11-13-5-8-18-9-6-13/h12-13,15H,1-11H2,(H,16,17). The van der Waals surface area contributed by atoms with Crippen molar-refractivity contribution in [1.82, 2.24) is 10.6 Å². The van der Waals surface area contributed by atoms with Crippen LogP contribution in [-0.4, -0.2) is 37.0 Å². The summed E-state index contributed by atoms with van der Waals surface area (Å²) < 4.78 is 0. The van der Waals surface area contributed by atoms with Crippen molar-refractivity contribution in [2.75, 3.05) is 31.1 Å². The Kier molecular flexibility index (Phi) is 6.35. The Hall–Kier alpha value is -0.220. The van der Waals surface area contributed by atoms with E-state index in [0.717, 1.165) is 37.9 Å². The third kappa shape index (κ3) is 5.19. The molecule has 0 aromatic carbocycles. The molecule has 0 aromatic heterocycles. The predicted molar refractivity (Wildman–Crippen MR) is 77.9 cm³/mol. The molecule has 1 unspecified atom stereocenters. The van der Waals surface area contributed by atoms with Gasteiger partial charge in [-0.3, -0.25) is 4.79 Å². The zero-order valence-corrected chi connectivity index (χ0v) is 12.1. The largest absolute Gasteiger partial charge is 0.356 e. The fourth-order valence-corrected chi connectivity index (χ4v) is 4.01. The second-order valence-electron chi connectivity index (χ2n) is 5.61. The molecule has 1 atom stereocenters. The zero-order valence-electron chi connectivity index (χ0n) is 11.2. The molecule has 2 aliphatic rings. The summed E-state index contributed by atoms with van der Waals surface area (Å²) >= 11 is 2.04. The number of hydrogen-bond donors (Lipinski definition) is 2. The first-order valence-corrected chi connectivity index (χ1v) is 8.55. The van der Waals surface area contributed by atoms with Gasteiger partial charge in [0, 0.05) is 13.0 Å². The van der Waals surface area contributed by atoms with Gasteiger partial charge in [0.15, 0.2) is 0 Å². The van der Waals surface area contributed by atoms with Gasteiger partial charge in [0.05, 0.1) is 0 Å². The van der Waals surface area contributed by atoms with E-state index in [4.69, 9.17) is 0 Å². The molecule has 0 radical (unpaired) electrons. The highest BCUT2D eigenvalue weighted by molar-refractivity contribution is 7.99. The van der Waals surface area contributed by atoms with Crippen molar-refractivity contribution in [2.45, 2.75) is 38.5 Å². The average Bonchev–Trinajstić information content (AvgIpc) is 2.45. The van der Waals surface area contributed by atoms with Crippen LogP contribution in [0.5, 0.6) is 0 Å². The van der Waals surface area contributed by atoms with Gasteiger partial charge < -0.3 is 10.6 Å². The monoisotopic (exact) mass is 270 g/mol. The quantitative estimate of drug-likeness (QED) is 0.803. The van der Waals surface area contributed by atoms with Crippen molar-refractivity contribution in [2.24, 2.45) is 11.8 Å². The van der Waals surface area contributed by atoms with Gasteiger partial charge in [0.1, 0.15) is 0 Å². The molecule has 104 valence electrons. The number of rotatable bonds is 5. The Morgan fingerprint density at radius 2 is 2.06 bits per heavy atom. The summed E-state index contributed by atoms with van der Waals surface area (Å²) in [7, 11) is 0. The molecule has 0 aliphatic carbocycles. The van der Waals surface area contributed by atoms with Gasteiger partial charge in [-0.25, -0.2) is 0 Å². The summed E-state index contributed by atoms with van der Waals surface area (Å²) in [6.07, 6.45) is 6.88. The minimum absolute atomic E-state index is 0.263. The molecule has 2 fully saturated rings. The van der Waals surface area contributed by atoms with Gasteiger partial charge in [-0.15, -0.1) is 0 Å². The number of amides is 1. The lowest BCUT2D eigenvalue weighted by Crippen LogP contribution is -2.33. The molecule has 0 spiro atoms. The maximum atomic E-state index is 11.8. The fourth-order valence-electron chi connectivity index (χ4n) is 2.80. The third-order valence-electron chi connectivity index (χ3n) is 4.11. The van der Waals surface area contributed by atoms with Crippen LogP contribution in [0.2, 0.25) is 0 Å². The molecule has 1 amide bonds. The number of hydrogen-bond acceptors (Lipinski definition) is 3. The van der Waals surface area contributed by atoms with E-state index in [1.165, 1.54) is 37.2 Å². The van der Waals surface area contributed by atoms with Crippen LogP contribution < -0.4 is 10.6 Å². The van der Waals surface area contributed by atoms with Crippen molar-refractivity contribution in [3.8, 4) is 0 Å². The van der Waals surface area contributed by atoms with Gasteiger partial charge in [0.25, 0.3) is 0 Å². The van der Waals surface area contributed by atoms with Crippen molar-refractivity contribution in [3.63, 3.8) is 0 Å². The molecule has 18 heavy (non-hydrogen) atoms. The lowest BCUT2D eigenvalue weighted by Gasteiger charge is -2.23. The molecule has 2 heterocycles. The molecule has 2 N–H and O–H groups in total. The molecule has 0 saturated carbocycles. The Bertz CT molecular complexity index is 224. The molecule has 2 saturated heterocycles. The second kappa shape index (κ2) is 8.05. The number of carbonyl (C=O) groups excluding carboxylic acids is 1. The summed E-state index contributed by atoms with van der Waals surface area (Å²) in [5.74, 6) is 4.25. The minimum Gasteiger partial charge on any atom is -0.356 e. The number of carbonyl (C=O) groups is 1. The van der Waals surface area contributed by atoms with Gasteiger partial charge in [-0.1, -0.05) is 0 Å². The Morgan fingerprint density at radius 1 is 1.22 bits per heavy atom. The van der Waals surface area contributed by atoms with E-state index in [1.54, 1.807) is 0 Å². The van der Waals surface area contributed by atoms with Crippen LogP contribution in [0.15, 0.2) is 0 Å². The van der Waals surface area contributed by atoms with E-state index >= 15 is 0 Å². The van der Waals surface area contributed by atoms with Crippen molar-refractivity contribution < 1.29 is 4.79 Å². The summed E-state index contributed by atoms with van der Waals surface area (Å²) in [6, 6.07) is 0. The van der Waals surface area contributed by atoms with Crippen LogP contribution in [0.3, 0.4) is 0 Å². The van der Waals surface area contributed by atoms with E-state index < -0.39 is 0 Å². The highest BCUT2D eigenvalue weighted by Crippen LogP contribution is 2.22. The van der Waals surface area contributed by atoms with Crippen LogP contribution >= 0.6 is 11.8 Å². The molecule has 4 heteroatoms. The lowest BCUT2D eigenvalue weighted by molar-refractivity contribution is -0.121. The maximum Gasteiger partial charge on any atom is 0.220 e. The van der Waals surface area contributed by atoms with Gasteiger partial charge >= 0.3 is 0 Å². The topological polar surface area (TPSA) is 41.1 Å². The van der Waals surface area contributed by atoms with Crippen LogP contribution in [0.1, 0.15) is 38.5 Å². The van der Waals surface area contributed by atoms with Gasteiger partial charge in [-0.05, 0) is 68.5 Å². The van der Waals surface area contributed by atoms with Crippen molar-refractivity contribution in [3.05, 3.63) is 0 Å². The van der Waals surface area contributed by atoms with Gasteiger partial charge in [-0.2, -0.15) is 11.8 Å². The molecular weight excluding hydrogens is 244 g/mol. The summed E-state index contributed by atoms with van der Waals surface area (Å²) in [6.45, 7) is 3.16. The van der Waals surface area contributed by atoms with Crippen LogP contribution in [0.25, 0.3) is 0 Å². The third-order valence-corrected chi connectivity index (χ3v) is 5.16. The van der Waals surface area contributed by atoms with E-state index in [1.807, 2.05) is 11.8 Å². The Balaban J connectivity index is 1.54. The smallest absolute Gasteiger partial charge is 0.220 e. The number of nitrogens with one attached hydrogen (secondary N) is 2.